The van der Waals surface area contributed by atoms with Crippen molar-refractivity contribution in [2.75, 3.05) is 19.0 Å². The number of ether oxygens (including phenoxy) is 7. The third-order valence-electron chi connectivity index (χ3n) is 21.1. The summed E-state index contributed by atoms with van der Waals surface area (Å²) in [6.45, 7) is 21.1. The molecular weight excluding hydrogens is 931 g/mol. The molecule has 5 aliphatic carbocycles. The quantitative estimate of drug-likeness (QED) is 0.111. The van der Waals surface area contributed by atoms with E-state index in [1.54, 1.807) is 7.11 Å². The zero-order chi connectivity index (χ0) is 52.2. The molecule has 1 aromatic carbocycles. The van der Waals surface area contributed by atoms with Crippen molar-refractivity contribution in [2.45, 2.75) is 218 Å². The van der Waals surface area contributed by atoms with Gasteiger partial charge in [-0.3, -0.25) is 4.79 Å². The first-order valence-corrected chi connectivity index (χ1v) is 26.8. The van der Waals surface area contributed by atoms with Crippen molar-refractivity contribution in [2.24, 2.45) is 56.7 Å². The van der Waals surface area contributed by atoms with Gasteiger partial charge in [0.2, 0.25) is 5.91 Å². The number of amides is 1. The Kier molecular flexibility index (Phi) is 15.1. The lowest BCUT2D eigenvalue weighted by Crippen LogP contribution is -2.68. The Bertz CT molecular complexity index is 2130. The van der Waals surface area contributed by atoms with Gasteiger partial charge in [-0.15, -0.1) is 0 Å². The van der Waals surface area contributed by atoms with Crippen LogP contribution in [0.5, 0.6) is 5.75 Å². The molecule has 25 atom stereocenters. The molecule has 72 heavy (non-hydrogen) atoms. The summed E-state index contributed by atoms with van der Waals surface area (Å²) in [5.74, 6) is 2.10. The van der Waals surface area contributed by atoms with Crippen LogP contribution in [-0.4, -0.2) is 159 Å². The highest BCUT2D eigenvalue weighted by molar-refractivity contribution is 5.97. The van der Waals surface area contributed by atoms with Crippen molar-refractivity contribution in [3.63, 3.8) is 0 Å². The van der Waals surface area contributed by atoms with Gasteiger partial charge in [0.15, 0.2) is 18.9 Å². The van der Waals surface area contributed by atoms with Gasteiger partial charge in [0.1, 0.15) is 66.8 Å². The fraction of sp³-hybridized carbons (Fsp3) is 0.836. The molecule has 5 saturated carbocycles. The number of benzene rings is 1. The number of hydrogen-bond acceptors (Lipinski definition) is 16. The summed E-state index contributed by atoms with van der Waals surface area (Å²) in [4.78, 5) is 14.9. The van der Waals surface area contributed by atoms with E-state index in [9.17, 15) is 45.6 Å². The highest BCUT2D eigenvalue weighted by Crippen LogP contribution is 2.78. The first kappa shape index (κ1) is 54.5. The second kappa shape index (κ2) is 19.9. The number of rotatable bonds is 11. The number of anilines is 1. The number of aliphatic hydroxyl groups is 8. The number of fused-ring (bicyclic) bond motifs is 7. The van der Waals surface area contributed by atoms with Crippen molar-refractivity contribution in [3.8, 4) is 5.75 Å². The highest BCUT2D eigenvalue weighted by atomic mass is 16.8. The lowest BCUT2D eigenvalue weighted by molar-refractivity contribution is -0.393. The van der Waals surface area contributed by atoms with Crippen molar-refractivity contribution in [3.05, 3.63) is 36.4 Å². The number of aliphatic hydroxyl groups excluding tert-OH is 8. The summed E-state index contributed by atoms with van der Waals surface area (Å²) in [5, 5.41) is 90.5. The smallest absolute Gasteiger partial charge is 0.231 e. The summed E-state index contributed by atoms with van der Waals surface area (Å²) in [5.41, 5.74) is 0.765. The summed E-state index contributed by atoms with van der Waals surface area (Å²) >= 11 is 0. The van der Waals surface area contributed by atoms with E-state index in [2.05, 4.69) is 53.4 Å². The van der Waals surface area contributed by atoms with Crippen LogP contribution >= 0.6 is 0 Å². The third kappa shape index (κ3) is 8.54. The molecule has 8 aliphatic rings. The van der Waals surface area contributed by atoms with Gasteiger partial charge in [-0.1, -0.05) is 58.9 Å². The van der Waals surface area contributed by atoms with E-state index in [0.29, 0.717) is 29.7 Å². The van der Waals surface area contributed by atoms with E-state index in [1.807, 2.05) is 24.3 Å². The molecule has 0 bridgehead atoms. The van der Waals surface area contributed by atoms with Crippen LogP contribution in [0.2, 0.25) is 0 Å². The molecule has 0 aromatic heterocycles. The number of nitrogens with one attached hydrogen (secondary N) is 1. The van der Waals surface area contributed by atoms with Crippen molar-refractivity contribution in [1.29, 1.82) is 0 Å². The van der Waals surface area contributed by atoms with Gasteiger partial charge in [0.05, 0.1) is 43.1 Å². The fourth-order valence-electron chi connectivity index (χ4n) is 16.9. The maximum absolute atomic E-state index is 14.9. The monoisotopic (exact) mass is 1020 g/mol. The predicted octanol–water partition coefficient (Wildman–Crippen LogP) is 4.18. The van der Waals surface area contributed by atoms with Gasteiger partial charge in [0.25, 0.3) is 0 Å². The molecular formula is C55H85NO16. The molecule has 9 rings (SSSR count). The van der Waals surface area contributed by atoms with Crippen LogP contribution in [0.4, 0.5) is 5.69 Å². The second-order valence-electron chi connectivity index (χ2n) is 24.8. The average molecular weight is 1020 g/mol. The first-order chi connectivity index (χ1) is 33.9. The van der Waals surface area contributed by atoms with Crippen molar-refractivity contribution in [1.82, 2.24) is 0 Å². The second-order valence-corrected chi connectivity index (χ2v) is 24.8. The minimum atomic E-state index is -1.74. The van der Waals surface area contributed by atoms with Crippen LogP contribution < -0.4 is 10.1 Å². The largest absolute Gasteiger partial charge is 0.495 e. The average Bonchev–Trinajstić information content (AvgIpc) is 3.75. The van der Waals surface area contributed by atoms with Crippen LogP contribution in [0.25, 0.3) is 0 Å². The van der Waals surface area contributed by atoms with Gasteiger partial charge < -0.3 is 79.3 Å². The Hall–Kier alpha value is -2.33. The fourth-order valence-corrected chi connectivity index (χ4v) is 16.9. The minimum Gasteiger partial charge on any atom is -0.495 e. The van der Waals surface area contributed by atoms with Crippen LogP contribution in [0, 0.1) is 56.7 Å². The van der Waals surface area contributed by atoms with E-state index >= 15 is 0 Å². The molecule has 8 fully saturated rings. The molecule has 17 heteroatoms. The molecule has 406 valence electrons. The number of allylic oxidation sites excluding steroid dienone is 1. The summed E-state index contributed by atoms with van der Waals surface area (Å²) in [6.07, 6.45) is -13.3. The lowest BCUT2D eigenvalue weighted by atomic mass is 9.32. The molecule has 3 heterocycles. The topological polar surface area (TPSA) is 256 Å². The zero-order valence-electron chi connectivity index (χ0n) is 43.8. The molecule has 0 radical (unpaired) electrons. The summed E-state index contributed by atoms with van der Waals surface area (Å²) < 4.78 is 43.1. The van der Waals surface area contributed by atoms with Gasteiger partial charge in [0, 0.05) is 0 Å². The number of carbonyl (C=O) groups excluding carboxylic acids is 1. The van der Waals surface area contributed by atoms with Crippen molar-refractivity contribution < 1.29 is 78.8 Å². The van der Waals surface area contributed by atoms with E-state index in [0.717, 1.165) is 63.4 Å². The highest BCUT2D eigenvalue weighted by Gasteiger charge is 2.72. The Morgan fingerprint density at radius 3 is 1.92 bits per heavy atom. The molecule has 3 saturated heterocycles. The molecule has 0 unspecified atom stereocenters. The van der Waals surface area contributed by atoms with Gasteiger partial charge in [-0.25, -0.2) is 0 Å². The van der Waals surface area contributed by atoms with Gasteiger partial charge >= 0.3 is 0 Å². The minimum absolute atomic E-state index is 0.0189. The summed E-state index contributed by atoms with van der Waals surface area (Å²) in [7, 11) is 1.63. The normalized spacial score (nSPS) is 50.9. The SMILES string of the molecule is C=C(C)[C@@H]1CC[C@]2(C(=O)Nc3ccccc3OC)CC[C@]3(C)[C@H](CC[C@@H]4[C@@]5(C)CC[C@H](O[C@@H]6O[C@H](CO)[C@@H](O[C@@H]7O[C@@H](C)[C@H](O)[C@@H](O)[C@H]7O)[C@H](O)[C@H]6O[C@@H]6O[C@@H](C)[C@H](O)[C@@H](O)[C@H]6O)C(C)(C)[C@@H]5CC[C@]43C)[C@@H]12. The van der Waals surface area contributed by atoms with E-state index in [1.165, 1.54) is 13.8 Å². The van der Waals surface area contributed by atoms with Crippen LogP contribution in [0.15, 0.2) is 36.4 Å². The number of hydrogen-bond donors (Lipinski definition) is 9. The Labute approximate surface area is 424 Å². The van der Waals surface area contributed by atoms with Crippen LogP contribution in [0.3, 0.4) is 0 Å². The Morgan fingerprint density at radius 2 is 1.31 bits per heavy atom. The van der Waals surface area contributed by atoms with E-state index < -0.39 is 116 Å². The van der Waals surface area contributed by atoms with Crippen LogP contribution in [-0.2, 0) is 33.2 Å². The molecule has 1 aromatic rings. The van der Waals surface area contributed by atoms with Gasteiger partial charge in [-0.2, -0.15) is 0 Å². The number of methoxy groups -OCH3 is 1. The zero-order valence-corrected chi connectivity index (χ0v) is 43.8. The first-order valence-electron chi connectivity index (χ1n) is 26.8. The lowest BCUT2D eigenvalue weighted by Gasteiger charge is -2.73. The Balaban J connectivity index is 0.968. The summed E-state index contributed by atoms with van der Waals surface area (Å²) in [6, 6.07) is 7.64. The van der Waals surface area contributed by atoms with E-state index in [4.69, 9.17) is 33.2 Å². The predicted molar refractivity (Wildman–Crippen MR) is 262 cm³/mol. The van der Waals surface area contributed by atoms with Crippen LogP contribution in [0.1, 0.15) is 120 Å². The number of carbonyl (C=O) groups is 1. The molecule has 17 nitrogen and oxygen atoms in total. The molecule has 9 N–H and O–H groups in total. The maximum Gasteiger partial charge on any atom is 0.231 e. The standard InChI is InChI=1S/C55H85NO16/c1-26(2)29-17-22-55(50(65)56-31-13-11-12-14-32(31)66-10)24-23-53(8)30(37(29)55)15-16-35-52(7)20-19-36(51(5,6)34(52)18-21-54(35,53)9)70-49-46(72-48-43(63)41(61)39(59)28(4)68-48)44(64)45(33(25-57)69-49)71-47-42(62)40(60)38(58)27(3)67-47/h11-14,27-30,33-49,57-64H,1,15-25H2,2-10H3,(H,56,65)/t27-,28-,29-,30+,33+,34-,35+,36-,37+,38-,39-,40+,41+,42+,43+,44-,45+,46+,47-,48-,49-,52-,53+,54+,55-/m0/s1. The molecule has 3 aliphatic heterocycles. The maximum atomic E-state index is 14.9. The Morgan fingerprint density at radius 1 is 0.681 bits per heavy atom. The third-order valence-corrected chi connectivity index (χ3v) is 21.1. The van der Waals surface area contributed by atoms with Gasteiger partial charge in [-0.05, 0) is 148 Å². The van der Waals surface area contributed by atoms with Crippen molar-refractivity contribution >= 4 is 11.6 Å². The van der Waals surface area contributed by atoms with E-state index in [-0.39, 0.29) is 39.9 Å². The number of para-hydroxylation sites is 2. The molecule has 1 amide bonds. The molecule has 0 spiro atoms.